The Labute approximate surface area is 81.3 Å². The van der Waals surface area contributed by atoms with E-state index in [2.05, 4.69) is 18.9 Å². The molecule has 0 aromatic carbocycles. The lowest BCUT2D eigenvalue weighted by Crippen LogP contribution is -2.48. The Balaban J connectivity index is 1.95. The van der Waals surface area contributed by atoms with Crippen molar-refractivity contribution in [3.8, 4) is 0 Å². The first-order valence-corrected chi connectivity index (χ1v) is 5.57. The molecular formula is C11H21NO. The maximum absolute atomic E-state index is 6.14. The fourth-order valence-corrected chi connectivity index (χ4v) is 2.65. The maximum Gasteiger partial charge on any atom is 0.0710 e. The Morgan fingerprint density at radius 1 is 1.23 bits per heavy atom. The molecule has 0 saturated carbocycles. The summed E-state index contributed by atoms with van der Waals surface area (Å²) >= 11 is 0. The van der Waals surface area contributed by atoms with E-state index in [1.807, 2.05) is 0 Å². The van der Waals surface area contributed by atoms with Gasteiger partial charge < -0.3 is 9.64 Å². The summed E-state index contributed by atoms with van der Waals surface area (Å²) in [6.45, 7) is 4.65. The van der Waals surface area contributed by atoms with Crippen molar-refractivity contribution in [2.45, 2.75) is 50.7 Å². The Morgan fingerprint density at radius 3 is 2.54 bits per heavy atom. The highest BCUT2D eigenvalue weighted by Gasteiger charge is 2.37. The SMILES string of the molecule is CC1CCCC2(CCN(C)CC2)O1. The van der Waals surface area contributed by atoms with Gasteiger partial charge in [0.25, 0.3) is 0 Å². The molecule has 0 N–H and O–H groups in total. The van der Waals surface area contributed by atoms with Crippen molar-refractivity contribution in [1.82, 2.24) is 4.90 Å². The van der Waals surface area contributed by atoms with Crippen LogP contribution in [-0.2, 0) is 4.74 Å². The van der Waals surface area contributed by atoms with Crippen molar-refractivity contribution < 1.29 is 4.74 Å². The van der Waals surface area contributed by atoms with Gasteiger partial charge >= 0.3 is 0 Å². The number of rotatable bonds is 0. The average Bonchev–Trinajstić information content (AvgIpc) is 2.11. The number of hydrogen-bond acceptors (Lipinski definition) is 2. The van der Waals surface area contributed by atoms with Gasteiger partial charge in [-0.2, -0.15) is 0 Å². The van der Waals surface area contributed by atoms with E-state index in [1.54, 1.807) is 0 Å². The van der Waals surface area contributed by atoms with Gasteiger partial charge in [0.05, 0.1) is 11.7 Å². The summed E-state index contributed by atoms with van der Waals surface area (Å²) in [5.74, 6) is 0. The normalized spacial score (nSPS) is 35.1. The zero-order valence-corrected chi connectivity index (χ0v) is 8.88. The molecule has 0 bridgehead atoms. The molecular weight excluding hydrogens is 162 g/mol. The van der Waals surface area contributed by atoms with Crippen LogP contribution in [0.25, 0.3) is 0 Å². The molecule has 1 atom stereocenters. The van der Waals surface area contributed by atoms with E-state index in [9.17, 15) is 0 Å². The van der Waals surface area contributed by atoms with Crippen LogP contribution in [0.2, 0.25) is 0 Å². The van der Waals surface area contributed by atoms with Crippen LogP contribution in [0.3, 0.4) is 0 Å². The molecule has 2 nitrogen and oxygen atoms in total. The van der Waals surface area contributed by atoms with Gasteiger partial charge in [0.2, 0.25) is 0 Å². The minimum absolute atomic E-state index is 0.268. The molecule has 0 aromatic heterocycles. The van der Waals surface area contributed by atoms with Gasteiger partial charge in [0.15, 0.2) is 0 Å². The second kappa shape index (κ2) is 3.58. The van der Waals surface area contributed by atoms with Gasteiger partial charge in [0, 0.05) is 13.1 Å². The first-order chi connectivity index (χ1) is 6.20. The number of ether oxygens (including phenoxy) is 1. The molecule has 0 amide bonds. The molecule has 2 fully saturated rings. The summed E-state index contributed by atoms with van der Waals surface area (Å²) < 4.78 is 6.14. The third-order valence-electron chi connectivity index (χ3n) is 3.59. The maximum atomic E-state index is 6.14. The third kappa shape index (κ3) is 2.05. The summed E-state index contributed by atoms with van der Waals surface area (Å²) in [6.07, 6.45) is 6.91. The van der Waals surface area contributed by atoms with E-state index in [1.165, 1.54) is 45.2 Å². The molecule has 1 unspecified atom stereocenters. The predicted molar refractivity (Wildman–Crippen MR) is 53.9 cm³/mol. The van der Waals surface area contributed by atoms with Gasteiger partial charge in [-0.25, -0.2) is 0 Å². The lowest BCUT2D eigenvalue weighted by Gasteiger charge is -2.45. The summed E-state index contributed by atoms with van der Waals surface area (Å²) in [7, 11) is 2.21. The first kappa shape index (κ1) is 9.47. The molecule has 0 aromatic rings. The summed E-state index contributed by atoms with van der Waals surface area (Å²) in [5.41, 5.74) is 0.268. The monoisotopic (exact) mass is 183 g/mol. The number of hydrogen-bond donors (Lipinski definition) is 0. The van der Waals surface area contributed by atoms with Crippen LogP contribution in [-0.4, -0.2) is 36.7 Å². The zero-order valence-electron chi connectivity index (χ0n) is 8.88. The number of nitrogens with zero attached hydrogens (tertiary/aromatic N) is 1. The third-order valence-corrected chi connectivity index (χ3v) is 3.59. The van der Waals surface area contributed by atoms with Gasteiger partial charge in [-0.15, -0.1) is 0 Å². The van der Waals surface area contributed by atoms with Crippen molar-refractivity contribution in [2.75, 3.05) is 20.1 Å². The highest BCUT2D eigenvalue weighted by molar-refractivity contribution is 4.90. The Bertz CT molecular complexity index is 173. The standard InChI is InChI=1S/C11H21NO/c1-10-4-3-5-11(13-10)6-8-12(2)9-7-11/h10H,3-9H2,1-2H3. The topological polar surface area (TPSA) is 12.5 Å². The lowest BCUT2D eigenvalue weighted by molar-refractivity contribution is -0.145. The van der Waals surface area contributed by atoms with Crippen LogP contribution in [0.4, 0.5) is 0 Å². The van der Waals surface area contributed by atoms with Gasteiger partial charge in [-0.05, 0) is 46.1 Å². The fraction of sp³-hybridized carbons (Fsp3) is 1.00. The van der Waals surface area contributed by atoms with E-state index >= 15 is 0 Å². The molecule has 2 saturated heterocycles. The number of likely N-dealkylation sites (tertiary alicyclic amines) is 1. The molecule has 13 heavy (non-hydrogen) atoms. The van der Waals surface area contributed by atoms with E-state index in [-0.39, 0.29) is 5.60 Å². The highest BCUT2D eigenvalue weighted by atomic mass is 16.5. The second-order valence-corrected chi connectivity index (χ2v) is 4.81. The molecule has 2 heterocycles. The Hall–Kier alpha value is -0.0800. The second-order valence-electron chi connectivity index (χ2n) is 4.81. The van der Waals surface area contributed by atoms with E-state index in [4.69, 9.17) is 4.74 Å². The van der Waals surface area contributed by atoms with Crippen molar-refractivity contribution in [2.24, 2.45) is 0 Å². The van der Waals surface area contributed by atoms with Crippen molar-refractivity contribution in [1.29, 1.82) is 0 Å². The van der Waals surface area contributed by atoms with Gasteiger partial charge in [0.1, 0.15) is 0 Å². The highest BCUT2D eigenvalue weighted by Crippen LogP contribution is 2.36. The average molecular weight is 183 g/mol. The van der Waals surface area contributed by atoms with Crippen LogP contribution in [0.15, 0.2) is 0 Å². The van der Waals surface area contributed by atoms with E-state index < -0.39 is 0 Å². The van der Waals surface area contributed by atoms with Crippen molar-refractivity contribution in [3.63, 3.8) is 0 Å². The lowest BCUT2D eigenvalue weighted by atomic mass is 9.83. The van der Waals surface area contributed by atoms with E-state index in [0.717, 1.165) is 0 Å². The smallest absolute Gasteiger partial charge is 0.0710 e. The largest absolute Gasteiger partial charge is 0.372 e. The van der Waals surface area contributed by atoms with Gasteiger partial charge in [-0.3, -0.25) is 0 Å². The molecule has 2 rings (SSSR count). The first-order valence-electron chi connectivity index (χ1n) is 5.57. The van der Waals surface area contributed by atoms with Crippen LogP contribution < -0.4 is 0 Å². The minimum atomic E-state index is 0.268. The minimum Gasteiger partial charge on any atom is -0.372 e. The van der Waals surface area contributed by atoms with Crippen LogP contribution in [0.1, 0.15) is 39.0 Å². The Morgan fingerprint density at radius 2 is 1.92 bits per heavy atom. The zero-order chi connectivity index (χ0) is 9.31. The fourth-order valence-electron chi connectivity index (χ4n) is 2.65. The summed E-state index contributed by atoms with van der Waals surface area (Å²) in [6, 6.07) is 0. The van der Waals surface area contributed by atoms with Gasteiger partial charge in [-0.1, -0.05) is 0 Å². The molecule has 0 radical (unpaired) electrons. The quantitative estimate of drug-likeness (QED) is 0.570. The van der Waals surface area contributed by atoms with Crippen LogP contribution in [0.5, 0.6) is 0 Å². The Kier molecular flexibility index (Phi) is 2.61. The van der Waals surface area contributed by atoms with Crippen molar-refractivity contribution >= 4 is 0 Å². The van der Waals surface area contributed by atoms with Crippen LogP contribution in [0, 0.1) is 0 Å². The molecule has 1 spiro atoms. The van der Waals surface area contributed by atoms with Crippen molar-refractivity contribution in [3.05, 3.63) is 0 Å². The predicted octanol–water partition coefficient (Wildman–Crippen LogP) is 2.04. The summed E-state index contributed by atoms with van der Waals surface area (Å²) in [5, 5.41) is 0. The molecule has 76 valence electrons. The molecule has 2 aliphatic rings. The summed E-state index contributed by atoms with van der Waals surface area (Å²) in [4.78, 5) is 2.41. The molecule has 2 heteroatoms. The van der Waals surface area contributed by atoms with E-state index in [0.29, 0.717) is 6.10 Å². The molecule has 2 aliphatic heterocycles. The number of piperidine rings is 1. The molecule has 0 aliphatic carbocycles. The van der Waals surface area contributed by atoms with Crippen LogP contribution >= 0.6 is 0 Å².